The third-order valence-corrected chi connectivity index (χ3v) is 4.90. The molecule has 2 saturated carbocycles. The van der Waals surface area contributed by atoms with E-state index in [2.05, 4.69) is 34.6 Å². The fourth-order valence-corrected chi connectivity index (χ4v) is 3.38. The van der Waals surface area contributed by atoms with Crippen molar-refractivity contribution in [3.8, 4) is 0 Å². The van der Waals surface area contributed by atoms with Crippen molar-refractivity contribution in [3.05, 3.63) is 42.2 Å². The fraction of sp³-hybridized carbons (Fsp3) is 0.471. The molecule has 2 fully saturated rings. The number of aromatic nitrogens is 1. The molecule has 2 aliphatic carbocycles. The molecule has 19 heavy (non-hydrogen) atoms. The highest BCUT2D eigenvalue weighted by atomic mass is 14.9. The van der Waals surface area contributed by atoms with Crippen LogP contribution >= 0.6 is 0 Å². The number of nitrogens with zero attached hydrogens (tertiary/aromatic N) is 1. The predicted octanol–water partition coefficient (Wildman–Crippen LogP) is 3.51. The van der Waals surface area contributed by atoms with Gasteiger partial charge in [-0.2, -0.15) is 0 Å². The van der Waals surface area contributed by atoms with Gasteiger partial charge in [-0.15, -0.1) is 0 Å². The molecule has 98 valence electrons. The quantitative estimate of drug-likeness (QED) is 0.880. The third kappa shape index (κ3) is 2.14. The Hall–Kier alpha value is -1.41. The summed E-state index contributed by atoms with van der Waals surface area (Å²) in [4.78, 5) is 4.19. The van der Waals surface area contributed by atoms with Gasteiger partial charge < -0.3 is 5.32 Å². The van der Waals surface area contributed by atoms with Gasteiger partial charge in [0.1, 0.15) is 0 Å². The van der Waals surface area contributed by atoms with Crippen molar-refractivity contribution in [3.63, 3.8) is 0 Å². The SMILES string of the molecule is c1cc(CNCC2(C3CC3)CC2)c2ccncc2c1. The van der Waals surface area contributed by atoms with E-state index in [4.69, 9.17) is 0 Å². The zero-order valence-electron chi connectivity index (χ0n) is 11.2. The van der Waals surface area contributed by atoms with Gasteiger partial charge in [0.15, 0.2) is 0 Å². The van der Waals surface area contributed by atoms with Crippen LogP contribution in [-0.2, 0) is 6.54 Å². The van der Waals surface area contributed by atoms with E-state index in [-0.39, 0.29) is 0 Å². The van der Waals surface area contributed by atoms with Crippen LogP contribution in [0.2, 0.25) is 0 Å². The highest BCUT2D eigenvalue weighted by molar-refractivity contribution is 5.84. The summed E-state index contributed by atoms with van der Waals surface area (Å²) >= 11 is 0. The Balaban J connectivity index is 1.46. The molecule has 1 aromatic heterocycles. The van der Waals surface area contributed by atoms with Crippen molar-refractivity contribution < 1.29 is 0 Å². The first kappa shape index (κ1) is 11.4. The average Bonchev–Trinajstić information content (AvgIpc) is 3.32. The number of nitrogens with one attached hydrogen (secondary N) is 1. The van der Waals surface area contributed by atoms with Gasteiger partial charge in [-0.1, -0.05) is 18.2 Å². The molecular formula is C17H20N2. The lowest BCUT2D eigenvalue weighted by Gasteiger charge is -2.15. The van der Waals surface area contributed by atoms with Gasteiger partial charge in [-0.05, 0) is 54.0 Å². The van der Waals surface area contributed by atoms with Crippen molar-refractivity contribution in [1.82, 2.24) is 10.3 Å². The molecule has 0 radical (unpaired) electrons. The van der Waals surface area contributed by atoms with Gasteiger partial charge in [-0.3, -0.25) is 4.98 Å². The molecule has 1 heterocycles. The summed E-state index contributed by atoms with van der Waals surface area (Å²) < 4.78 is 0. The lowest BCUT2D eigenvalue weighted by atomic mass is 10.0. The van der Waals surface area contributed by atoms with Crippen molar-refractivity contribution in [1.29, 1.82) is 0 Å². The maximum atomic E-state index is 4.19. The molecule has 0 saturated heterocycles. The molecule has 2 heteroatoms. The van der Waals surface area contributed by atoms with Gasteiger partial charge in [-0.25, -0.2) is 0 Å². The molecule has 0 unspecified atom stereocenters. The van der Waals surface area contributed by atoms with Gasteiger partial charge >= 0.3 is 0 Å². The molecule has 0 bridgehead atoms. The van der Waals surface area contributed by atoms with Crippen LogP contribution in [-0.4, -0.2) is 11.5 Å². The van der Waals surface area contributed by atoms with Crippen molar-refractivity contribution >= 4 is 10.8 Å². The number of rotatable bonds is 5. The van der Waals surface area contributed by atoms with E-state index < -0.39 is 0 Å². The molecule has 0 atom stereocenters. The van der Waals surface area contributed by atoms with E-state index in [9.17, 15) is 0 Å². The van der Waals surface area contributed by atoms with E-state index in [1.165, 1.54) is 48.6 Å². The Morgan fingerprint density at radius 2 is 2.11 bits per heavy atom. The van der Waals surface area contributed by atoms with E-state index >= 15 is 0 Å². The minimum atomic E-state index is 0.687. The lowest BCUT2D eigenvalue weighted by molar-refractivity contribution is 0.404. The number of hydrogen-bond acceptors (Lipinski definition) is 2. The first-order chi connectivity index (χ1) is 9.37. The Bertz CT molecular complexity index is 592. The maximum Gasteiger partial charge on any atom is 0.0346 e. The van der Waals surface area contributed by atoms with Gasteiger partial charge in [0.2, 0.25) is 0 Å². The zero-order chi connectivity index (χ0) is 12.7. The Labute approximate surface area is 114 Å². The van der Waals surface area contributed by atoms with Crippen LogP contribution in [0.3, 0.4) is 0 Å². The number of fused-ring (bicyclic) bond motifs is 1. The molecular weight excluding hydrogens is 232 g/mol. The van der Waals surface area contributed by atoms with Crippen molar-refractivity contribution in [2.75, 3.05) is 6.54 Å². The Morgan fingerprint density at radius 1 is 1.21 bits per heavy atom. The molecule has 2 aliphatic rings. The van der Waals surface area contributed by atoms with Crippen LogP contribution in [0.25, 0.3) is 10.8 Å². The van der Waals surface area contributed by atoms with Crippen molar-refractivity contribution in [2.24, 2.45) is 11.3 Å². The van der Waals surface area contributed by atoms with Gasteiger partial charge in [0.05, 0.1) is 0 Å². The second-order valence-corrected chi connectivity index (χ2v) is 6.25. The summed E-state index contributed by atoms with van der Waals surface area (Å²) in [5, 5.41) is 6.27. The highest BCUT2D eigenvalue weighted by Gasteiger charge is 2.53. The van der Waals surface area contributed by atoms with Crippen LogP contribution in [0.1, 0.15) is 31.2 Å². The van der Waals surface area contributed by atoms with Crippen LogP contribution in [0.15, 0.2) is 36.7 Å². The summed E-state index contributed by atoms with van der Waals surface area (Å²) in [6, 6.07) is 8.62. The first-order valence-electron chi connectivity index (χ1n) is 7.40. The standard InChI is InChI=1S/C17H20N2/c1-2-13-10-18-9-6-16(13)14(3-1)11-19-12-17(7-8-17)15-4-5-15/h1-3,6,9-10,15,19H,4-5,7-8,11-12H2. The predicted molar refractivity (Wildman–Crippen MR) is 77.8 cm³/mol. The van der Waals surface area contributed by atoms with Gasteiger partial charge in [0, 0.05) is 30.9 Å². The summed E-state index contributed by atoms with van der Waals surface area (Å²) in [6.07, 6.45) is 9.68. The van der Waals surface area contributed by atoms with Crippen LogP contribution in [0.4, 0.5) is 0 Å². The second-order valence-electron chi connectivity index (χ2n) is 6.25. The van der Waals surface area contributed by atoms with Crippen LogP contribution < -0.4 is 5.32 Å². The Morgan fingerprint density at radius 3 is 2.89 bits per heavy atom. The minimum Gasteiger partial charge on any atom is -0.312 e. The topological polar surface area (TPSA) is 24.9 Å². The Kier molecular flexibility index (Phi) is 2.59. The smallest absolute Gasteiger partial charge is 0.0346 e. The molecule has 0 spiro atoms. The second kappa shape index (κ2) is 4.31. The summed E-state index contributed by atoms with van der Waals surface area (Å²) in [7, 11) is 0. The first-order valence-corrected chi connectivity index (χ1v) is 7.40. The van der Waals surface area contributed by atoms with Crippen molar-refractivity contribution in [2.45, 2.75) is 32.2 Å². The van der Waals surface area contributed by atoms with E-state index in [1.54, 1.807) is 0 Å². The average molecular weight is 252 g/mol. The maximum absolute atomic E-state index is 4.19. The van der Waals surface area contributed by atoms with E-state index in [0.717, 1.165) is 12.5 Å². The molecule has 4 rings (SSSR count). The minimum absolute atomic E-state index is 0.687. The summed E-state index contributed by atoms with van der Waals surface area (Å²) in [5.41, 5.74) is 2.08. The van der Waals surface area contributed by atoms with Crippen LogP contribution in [0.5, 0.6) is 0 Å². The molecule has 1 aromatic carbocycles. The summed E-state index contributed by atoms with van der Waals surface area (Å²) in [5.74, 6) is 1.04. The largest absolute Gasteiger partial charge is 0.312 e. The van der Waals surface area contributed by atoms with Crippen LogP contribution in [0, 0.1) is 11.3 Å². The molecule has 2 aromatic rings. The fourth-order valence-electron chi connectivity index (χ4n) is 3.38. The molecule has 0 aliphatic heterocycles. The number of pyridine rings is 1. The molecule has 0 amide bonds. The molecule has 1 N–H and O–H groups in total. The lowest BCUT2D eigenvalue weighted by Crippen LogP contribution is -2.25. The normalized spacial score (nSPS) is 20.6. The third-order valence-electron chi connectivity index (χ3n) is 4.90. The van der Waals surface area contributed by atoms with Gasteiger partial charge in [0.25, 0.3) is 0 Å². The molecule has 2 nitrogen and oxygen atoms in total. The highest BCUT2D eigenvalue weighted by Crippen LogP contribution is 2.60. The zero-order valence-corrected chi connectivity index (χ0v) is 11.2. The number of benzene rings is 1. The number of hydrogen-bond donors (Lipinski definition) is 1. The van der Waals surface area contributed by atoms with E-state index in [0.29, 0.717) is 5.41 Å². The monoisotopic (exact) mass is 252 g/mol. The van der Waals surface area contributed by atoms with E-state index in [1.807, 2.05) is 12.4 Å². The summed E-state index contributed by atoms with van der Waals surface area (Å²) in [6.45, 7) is 2.19.